The summed E-state index contributed by atoms with van der Waals surface area (Å²) in [6.45, 7) is 3.55. The van der Waals surface area contributed by atoms with Crippen molar-refractivity contribution < 1.29 is 19.1 Å². The van der Waals surface area contributed by atoms with Gasteiger partial charge in [-0.25, -0.2) is 9.59 Å². The van der Waals surface area contributed by atoms with E-state index in [4.69, 9.17) is 4.74 Å². The molecule has 1 aromatic heterocycles. The third kappa shape index (κ3) is 5.15. The molecule has 33 heavy (non-hydrogen) atoms. The Morgan fingerprint density at radius 3 is 2.45 bits per heavy atom. The zero-order valence-electron chi connectivity index (χ0n) is 18.7. The molecule has 3 amide bonds. The molecule has 172 valence electrons. The highest BCUT2D eigenvalue weighted by Gasteiger charge is 2.20. The van der Waals surface area contributed by atoms with Gasteiger partial charge in [-0.05, 0) is 42.9 Å². The Morgan fingerprint density at radius 1 is 1.03 bits per heavy atom. The van der Waals surface area contributed by atoms with Crippen molar-refractivity contribution in [1.82, 2.24) is 20.1 Å². The highest BCUT2D eigenvalue weighted by atomic mass is 16.5. The number of hydrogen-bond acceptors (Lipinski definition) is 5. The van der Waals surface area contributed by atoms with Crippen LogP contribution in [-0.4, -0.2) is 73.0 Å². The lowest BCUT2D eigenvalue weighted by atomic mass is 10.1. The zero-order valence-corrected chi connectivity index (χ0v) is 18.7. The smallest absolute Gasteiger partial charge is 0.340 e. The van der Waals surface area contributed by atoms with E-state index >= 15 is 0 Å². The standard InChI is InChI=1S/C24H27N5O4/c1-28-9-11-29(12-10-28)22(30)17-5-3-16(4-6-17)14-26-24(32)27-18-7-8-19-20(23(31)33-2)15-25-21(19)13-18/h3-8,13,15,25H,9-12,14H2,1-2H3,(H2,26,27,32). The van der Waals surface area contributed by atoms with Gasteiger partial charge in [-0.3, -0.25) is 4.79 Å². The number of nitrogens with zero attached hydrogens (tertiary/aromatic N) is 2. The second-order valence-corrected chi connectivity index (χ2v) is 8.05. The monoisotopic (exact) mass is 449 g/mol. The van der Waals surface area contributed by atoms with E-state index in [2.05, 4.69) is 27.6 Å². The molecule has 0 atom stereocenters. The Kier molecular flexibility index (Phi) is 6.60. The predicted octanol–water partition coefficient (Wildman–Crippen LogP) is 2.66. The van der Waals surface area contributed by atoms with Crippen molar-refractivity contribution in [2.45, 2.75) is 6.54 Å². The van der Waals surface area contributed by atoms with Crippen molar-refractivity contribution in [3.05, 3.63) is 65.4 Å². The minimum absolute atomic E-state index is 0.0374. The average molecular weight is 450 g/mol. The first-order valence-corrected chi connectivity index (χ1v) is 10.8. The minimum atomic E-state index is -0.420. The number of esters is 1. The number of ether oxygens (including phenoxy) is 1. The van der Waals surface area contributed by atoms with Gasteiger partial charge in [0.2, 0.25) is 0 Å². The van der Waals surface area contributed by atoms with E-state index < -0.39 is 5.97 Å². The Balaban J connectivity index is 1.30. The van der Waals surface area contributed by atoms with Crippen molar-refractivity contribution in [3.8, 4) is 0 Å². The van der Waals surface area contributed by atoms with Crippen LogP contribution in [0.25, 0.3) is 10.9 Å². The number of piperazine rings is 1. The molecule has 3 N–H and O–H groups in total. The molecular weight excluding hydrogens is 422 g/mol. The summed E-state index contributed by atoms with van der Waals surface area (Å²) in [7, 11) is 3.39. The van der Waals surface area contributed by atoms with Crippen LogP contribution in [0.15, 0.2) is 48.7 Å². The Labute approximate surface area is 191 Å². The normalized spacial score (nSPS) is 14.2. The summed E-state index contributed by atoms with van der Waals surface area (Å²) in [6, 6.07) is 12.2. The maximum absolute atomic E-state index is 12.6. The molecule has 3 aromatic rings. The van der Waals surface area contributed by atoms with Crippen LogP contribution in [0.1, 0.15) is 26.3 Å². The number of aromatic nitrogens is 1. The first kappa shape index (κ1) is 22.3. The number of fused-ring (bicyclic) bond motifs is 1. The van der Waals surface area contributed by atoms with E-state index in [1.54, 1.807) is 36.5 Å². The van der Waals surface area contributed by atoms with Gasteiger partial charge in [-0.1, -0.05) is 12.1 Å². The van der Waals surface area contributed by atoms with Crippen molar-refractivity contribution >= 4 is 34.5 Å². The topological polar surface area (TPSA) is 107 Å². The molecule has 2 aromatic carbocycles. The lowest BCUT2D eigenvalue weighted by molar-refractivity contribution is 0.0602. The van der Waals surface area contributed by atoms with Crippen molar-refractivity contribution in [2.24, 2.45) is 0 Å². The Bertz CT molecular complexity index is 1160. The molecule has 0 aliphatic carbocycles. The summed E-state index contributed by atoms with van der Waals surface area (Å²) in [6.07, 6.45) is 1.58. The number of urea groups is 1. The van der Waals surface area contributed by atoms with Crippen molar-refractivity contribution in [2.75, 3.05) is 45.7 Å². The molecule has 1 fully saturated rings. The number of H-pyrrole nitrogens is 1. The molecule has 0 unspecified atom stereocenters. The second-order valence-electron chi connectivity index (χ2n) is 8.05. The summed E-state index contributed by atoms with van der Waals surface area (Å²) < 4.78 is 4.77. The van der Waals surface area contributed by atoms with E-state index in [0.717, 1.165) is 37.1 Å². The van der Waals surface area contributed by atoms with Crippen LogP contribution in [-0.2, 0) is 11.3 Å². The lowest BCUT2D eigenvalue weighted by Gasteiger charge is -2.32. The number of aromatic amines is 1. The fourth-order valence-electron chi connectivity index (χ4n) is 3.80. The first-order chi connectivity index (χ1) is 15.9. The summed E-state index contributed by atoms with van der Waals surface area (Å²) in [4.78, 5) is 43.8. The van der Waals surface area contributed by atoms with Crippen LogP contribution in [0.3, 0.4) is 0 Å². The lowest BCUT2D eigenvalue weighted by Crippen LogP contribution is -2.47. The van der Waals surface area contributed by atoms with Crippen molar-refractivity contribution in [1.29, 1.82) is 0 Å². The molecular formula is C24H27N5O4. The van der Waals surface area contributed by atoms with Gasteiger partial charge in [0.25, 0.3) is 5.91 Å². The van der Waals surface area contributed by atoms with Gasteiger partial charge in [0.1, 0.15) is 0 Å². The number of amides is 3. The van der Waals surface area contributed by atoms with Crippen LogP contribution in [0.4, 0.5) is 10.5 Å². The summed E-state index contributed by atoms with van der Waals surface area (Å²) in [5, 5.41) is 6.31. The minimum Gasteiger partial charge on any atom is -0.465 e. The highest BCUT2D eigenvalue weighted by molar-refractivity contribution is 6.05. The number of hydrogen-bond donors (Lipinski definition) is 3. The molecule has 1 aliphatic heterocycles. The average Bonchev–Trinajstić information content (AvgIpc) is 3.26. The van der Waals surface area contributed by atoms with Gasteiger partial charge in [-0.2, -0.15) is 0 Å². The number of likely N-dealkylation sites (N-methyl/N-ethyl adjacent to an activating group) is 1. The molecule has 0 bridgehead atoms. The van der Waals surface area contributed by atoms with Crippen LogP contribution in [0, 0.1) is 0 Å². The maximum atomic E-state index is 12.6. The molecule has 1 aliphatic rings. The number of benzene rings is 2. The zero-order chi connectivity index (χ0) is 23.4. The van der Waals surface area contributed by atoms with Crippen LogP contribution in [0.5, 0.6) is 0 Å². The highest BCUT2D eigenvalue weighted by Crippen LogP contribution is 2.22. The first-order valence-electron chi connectivity index (χ1n) is 10.8. The number of anilines is 1. The molecule has 0 saturated carbocycles. The summed E-state index contributed by atoms with van der Waals surface area (Å²) in [5.74, 6) is -0.383. The SMILES string of the molecule is COC(=O)c1c[nH]c2cc(NC(=O)NCc3ccc(C(=O)N4CCN(C)CC4)cc3)ccc12. The number of methoxy groups -OCH3 is 1. The Morgan fingerprint density at radius 2 is 1.76 bits per heavy atom. The fourth-order valence-corrected chi connectivity index (χ4v) is 3.80. The molecule has 4 rings (SSSR count). The van der Waals surface area contributed by atoms with E-state index in [0.29, 0.717) is 28.9 Å². The predicted molar refractivity (Wildman–Crippen MR) is 125 cm³/mol. The summed E-state index contributed by atoms with van der Waals surface area (Å²) in [5.41, 5.74) is 3.29. The third-order valence-electron chi connectivity index (χ3n) is 5.79. The van der Waals surface area contributed by atoms with Gasteiger partial charge in [0.05, 0.1) is 12.7 Å². The van der Waals surface area contributed by atoms with Crippen molar-refractivity contribution in [3.63, 3.8) is 0 Å². The molecule has 1 saturated heterocycles. The number of carbonyl (C=O) groups excluding carboxylic acids is 3. The quantitative estimate of drug-likeness (QED) is 0.519. The molecule has 2 heterocycles. The third-order valence-corrected chi connectivity index (χ3v) is 5.79. The second kappa shape index (κ2) is 9.74. The van der Waals surface area contributed by atoms with Gasteiger partial charge < -0.3 is 30.2 Å². The van der Waals surface area contributed by atoms with Gasteiger partial charge >= 0.3 is 12.0 Å². The van der Waals surface area contributed by atoms with Gasteiger partial charge in [0, 0.05) is 61.1 Å². The van der Waals surface area contributed by atoms with E-state index in [1.807, 2.05) is 17.0 Å². The summed E-state index contributed by atoms with van der Waals surface area (Å²) >= 11 is 0. The molecule has 0 radical (unpaired) electrons. The van der Waals surface area contributed by atoms with E-state index in [9.17, 15) is 14.4 Å². The van der Waals surface area contributed by atoms with Gasteiger partial charge in [0.15, 0.2) is 0 Å². The Hall–Kier alpha value is -3.85. The van der Waals surface area contributed by atoms with Gasteiger partial charge in [-0.15, -0.1) is 0 Å². The maximum Gasteiger partial charge on any atom is 0.340 e. The van der Waals surface area contributed by atoms with Crippen LogP contribution < -0.4 is 10.6 Å². The largest absolute Gasteiger partial charge is 0.465 e. The molecule has 9 heteroatoms. The van der Waals surface area contributed by atoms with E-state index in [-0.39, 0.29) is 11.9 Å². The number of nitrogens with one attached hydrogen (secondary N) is 3. The number of carbonyl (C=O) groups is 3. The number of rotatable bonds is 5. The molecule has 9 nitrogen and oxygen atoms in total. The van der Waals surface area contributed by atoms with Crippen LogP contribution >= 0.6 is 0 Å². The fraction of sp³-hybridized carbons (Fsp3) is 0.292. The van der Waals surface area contributed by atoms with E-state index in [1.165, 1.54) is 7.11 Å². The van der Waals surface area contributed by atoms with Crippen LogP contribution in [0.2, 0.25) is 0 Å². The molecule has 0 spiro atoms.